The van der Waals surface area contributed by atoms with Crippen molar-refractivity contribution in [3.63, 3.8) is 0 Å². The van der Waals surface area contributed by atoms with E-state index in [1.54, 1.807) is 0 Å². The van der Waals surface area contributed by atoms with Gasteiger partial charge in [-0.25, -0.2) is 4.68 Å². The van der Waals surface area contributed by atoms with Crippen LogP contribution in [0.1, 0.15) is 6.92 Å². The summed E-state index contributed by atoms with van der Waals surface area (Å²) in [5.74, 6) is 6.83. The van der Waals surface area contributed by atoms with Gasteiger partial charge < -0.3 is 5.84 Å². The Morgan fingerprint density at radius 3 is 2.82 bits per heavy atom. The highest BCUT2D eigenvalue weighted by Crippen LogP contribution is 2.24. The number of nitrogens with one attached hydrogen (secondary N) is 1. The molecule has 0 aliphatic carbocycles. The van der Waals surface area contributed by atoms with Crippen molar-refractivity contribution in [3.05, 3.63) is 36.4 Å². The molecule has 0 amide bonds. The summed E-state index contributed by atoms with van der Waals surface area (Å²) in [5.41, 5.74) is 2.47. The van der Waals surface area contributed by atoms with Gasteiger partial charge in [0.1, 0.15) is 11.5 Å². The summed E-state index contributed by atoms with van der Waals surface area (Å²) < 4.78 is 1.36. The summed E-state index contributed by atoms with van der Waals surface area (Å²) in [7, 11) is 0. The number of Topliss-reactive ketones (excluding diaryl/α,β-unsaturated/α-hetero) is 1. The van der Waals surface area contributed by atoms with E-state index in [1.165, 1.54) is 23.4 Å². The van der Waals surface area contributed by atoms with Crippen molar-refractivity contribution in [2.45, 2.75) is 12.1 Å². The van der Waals surface area contributed by atoms with Gasteiger partial charge in [-0.1, -0.05) is 42.1 Å². The number of hydrogen-bond donors (Lipinski definition) is 2. The number of nitrogens with two attached hydrogens (primary N) is 1. The highest BCUT2D eigenvalue weighted by molar-refractivity contribution is 7.99. The molecule has 0 fully saturated rings. The summed E-state index contributed by atoms with van der Waals surface area (Å²) in [6, 6.07) is 11.7. The second kappa shape index (κ2) is 6.02. The van der Waals surface area contributed by atoms with Crippen LogP contribution >= 0.6 is 11.8 Å². The predicted octanol–water partition coefficient (Wildman–Crippen LogP) is 1.73. The summed E-state index contributed by atoms with van der Waals surface area (Å²) in [5, 5.41) is 15.7. The molecule has 0 aliphatic heterocycles. The molecule has 0 spiro atoms. The maximum atomic E-state index is 11.0. The number of H-pyrrole nitrogens is 1. The van der Waals surface area contributed by atoms with Crippen LogP contribution in [0, 0.1) is 0 Å². The Bertz CT molecular complexity index is 795. The monoisotopic (exact) mass is 314 g/mol. The largest absolute Gasteiger partial charge is 0.335 e. The lowest BCUT2D eigenvalue weighted by atomic mass is 10.1. The molecule has 0 saturated heterocycles. The van der Waals surface area contributed by atoms with E-state index in [-0.39, 0.29) is 5.78 Å². The minimum Gasteiger partial charge on any atom is -0.335 e. The van der Waals surface area contributed by atoms with Crippen molar-refractivity contribution >= 4 is 17.5 Å². The highest BCUT2D eigenvalue weighted by Gasteiger charge is 2.15. The molecule has 3 aromatic rings. The summed E-state index contributed by atoms with van der Waals surface area (Å²) >= 11 is 1.25. The first kappa shape index (κ1) is 14.3. The number of hydrogen-bond acceptors (Lipinski definition) is 6. The molecular formula is C14H14N6OS. The topological polar surface area (TPSA) is 102 Å². The van der Waals surface area contributed by atoms with Crippen LogP contribution in [0.5, 0.6) is 0 Å². The van der Waals surface area contributed by atoms with Gasteiger partial charge in [-0.15, -0.1) is 10.2 Å². The number of rotatable bonds is 5. The molecule has 0 bridgehead atoms. The number of ketones is 1. The molecule has 8 heteroatoms. The van der Waals surface area contributed by atoms with Gasteiger partial charge in [0.15, 0.2) is 0 Å². The van der Waals surface area contributed by atoms with Crippen molar-refractivity contribution in [1.29, 1.82) is 0 Å². The fourth-order valence-corrected chi connectivity index (χ4v) is 2.57. The average Bonchev–Trinajstić information content (AvgIpc) is 3.13. The summed E-state index contributed by atoms with van der Waals surface area (Å²) in [4.78, 5) is 11.0. The molecule has 1 aromatic carbocycles. The number of carbonyl (C=O) groups is 1. The number of thioether (sulfide) groups is 1. The lowest BCUT2D eigenvalue weighted by Gasteiger charge is -2.00. The van der Waals surface area contributed by atoms with Gasteiger partial charge in [0.05, 0.1) is 11.4 Å². The molecule has 2 heterocycles. The van der Waals surface area contributed by atoms with Crippen LogP contribution in [0.2, 0.25) is 0 Å². The third-order valence-electron chi connectivity index (χ3n) is 2.96. The van der Waals surface area contributed by atoms with E-state index in [2.05, 4.69) is 20.4 Å². The molecule has 0 unspecified atom stereocenters. The van der Waals surface area contributed by atoms with E-state index in [4.69, 9.17) is 5.84 Å². The second-order valence-electron chi connectivity index (χ2n) is 4.70. The molecule has 112 valence electrons. The fourth-order valence-electron chi connectivity index (χ4n) is 1.92. The van der Waals surface area contributed by atoms with Crippen LogP contribution in [0.4, 0.5) is 0 Å². The standard InChI is InChI=1S/C14H14N6OS/c1-9(21)8-22-14-19-18-13(20(14)15)12-7-11(16-17-12)10-5-3-2-4-6-10/h2-7H,8,15H2,1H3,(H,16,17). The third kappa shape index (κ3) is 2.86. The highest BCUT2D eigenvalue weighted by atomic mass is 32.2. The number of benzene rings is 1. The van der Waals surface area contributed by atoms with E-state index in [1.807, 2.05) is 36.4 Å². The zero-order valence-electron chi connectivity index (χ0n) is 11.9. The molecule has 7 nitrogen and oxygen atoms in total. The van der Waals surface area contributed by atoms with Crippen LogP contribution in [0.15, 0.2) is 41.6 Å². The number of nitrogen functional groups attached to an aromatic ring is 1. The molecule has 0 radical (unpaired) electrons. The molecule has 0 atom stereocenters. The Hall–Kier alpha value is -2.61. The first-order valence-corrected chi connectivity index (χ1v) is 7.57. The van der Waals surface area contributed by atoms with E-state index in [0.717, 1.165) is 11.3 Å². The lowest BCUT2D eigenvalue weighted by Crippen LogP contribution is -2.12. The molecule has 22 heavy (non-hydrogen) atoms. The Balaban J connectivity index is 1.86. The zero-order chi connectivity index (χ0) is 15.5. The summed E-state index contributed by atoms with van der Waals surface area (Å²) in [6.45, 7) is 1.52. The first-order valence-electron chi connectivity index (χ1n) is 6.59. The van der Waals surface area contributed by atoms with Crippen molar-refractivity contribution in [1.82, 2.24) is 25.1 Å². The van der Waals surface area contributed by atoms with Gasteiger partial charge in [-0.2, -0.15) is 5.10 Å². The van der Waals surface area contributed by atoms with E-state index in [0.29, 0.717) is 22.4 Å². The fraction of sp³-hybridized carbons (Fsp3) is 0.143. The molecule has 2 aromatic heterocycles. The normalized spacial score (nSPS) is 10.8. The minimum atomic E-state index is 0.0578. The van der Waals surface area contributed by atoms with Gasteiger partial charge in [0.25, 0.3) is 0 Å². The van der Waals surface area contributed by atoms with Gasteiger partial charge in [0, 0.05) is 5.56 Å². The van der Waals surface area contributed by atoms with Gasteiger partial charge in [-0.3, -0.25) is 9.89 Å². The Morgan fingerprint density at radius 2 is 2.09 bits per heavy atom. The van der Waals surface area contributed by atoms with Crippen LogP contribution in [0.3, 0.4) is 0 Å². The lowest BCUT2D eigenvalue weighted by molar-refractivity contribution is -0.114. The minimum absolute atomic E-state index is 0.0578. The van der Waals surface area contributed by atoms with E-state index in [9.17, 15) is 4.79 Å². The SMILES string of the molecule is CC(=O)CSc1nnc(-c2cc(-c3ccccc3)n[nH]2)n1N. The first-order chi connectivity index (χ1) is 10.6. The van der Waals surface area contributed by atoms with Crippen molar-refractivity contribution in [3.8, 4) is 22.8 Å². The number of aromatic amines is 1. The van der Waals surface area contributed by atoms with Crippen LogP contribution in [-0.2, 0) is 4.79 Å². The van der Waals surface area contributed by atoms with E-state index < -0.39 is 0 Å². The van der Waals surface area contributed by atoms with Crippen LogP contribution in [-0.4, -0.2) is 36.6 Å². The maximum absolute atomic E-state index is 11.0. The quantitative estimate of drug-likeness (QED) is 0.549. The Kier molecular flexibility index (Phi) is 3.92. The van der Waals surface area contributed by atoms with Crippen molar-refractivity contribution < 1.29 is 4.79 Å². The molecule has 0 saturated carbocycles. The van der Waals surface area contributed by atoms with Crippen molar-refractivity contribution in [2.24, 2.45) is 0 Å². The Labute approximate surface area is 130 Å². The maximum Gasteiger partial charge on any atom is 0.210 e. The zero-order valence-corrected chi connectivity index (χ0v) is 12.7. The molecular weight excluding hydrogens is 300 g/mol. The van der Waals surface area contributed by atoms with Crippen LogP contribution < -0.4 is 5.84 Å². The molecule has 0 aliphatic rings. The van der Waals surface area contributed by atoms with E-state index >= 15 is 0 Å². The molecule has 3 rings (SSSR count). The Morgan fingerprint density at radius 1 is 1.32 bits per heavy atom. The van der Waals surface area contributed by atoms with Gasteiger partial charge in [0.2, 0.25) is 11.0 Å². The van der Waals surface area contributed by atoms with Gasteiger partial charge >= 0.3 is 0 Å². The molecule has 3 N–H and O–H groups in total. The predicted molar refractivity (Wildman–Crippen MR) is 84.6 cm³/mol. The summed E-state index contributed by atoms with van der Waals surface area (Å²) in [6.07, 6.45) is 0. The number of carbonyl (C=O) groups excluding carboxylic acids is 1. The number of aromatic nitrogens is 5. The number of nitrogens with zero attached hydrogens (tertiary/aromatic N) is 4. The van der Waals surface area contributed by atoms with Crippen LogP contribution in [0.25, 0.3) is 22.8 Å². The average molecular weight is 314 g/mol. The van der Waals surface area contributed by atoms with Crippen molar-refractivity contribution in [2.75, 3.05) is 11.6 Å². The second-order valence-corrected chi connectivity index (χ2v) is 5.64. The smallest absolute Gasteiger partial charge is 0.210 e. The van der Waals surface area contributed by atoms with Gasteiger partial charge in [-0.05, 0) is 13.0 Å². The third-order valence-corrected chi connectivity index (χ3v) is 4.04.